The molecule has 1 aromatic rings. The molecule has 32 heavy (non-hydrogen) atoms. The van der Waals surface area contributed by atoms with Gasteiger partial charge in [0.2, 0.25) is 0 Å². The van der Waals surface area contributed by atoms with Crippen LogP contribution in [0, 0.1) is 11.3 Å². The van der Waals surface area contributed by atoms with Crippen LogP contribution < -0.4 is 15.4 Å². The van der Waals surface area contributed by atoms with Crippen molar-refractivity contribution in [3.63, 3.8) is 0 Å². The van der Waals surface area contributed by atoms with Crippen molar-refractivity contribution in [1.29, 1.82) is 5.26 Å². The first-order valence-corrected chi connectivity index (χ1v) is 11.1. The predicted molar refractivity (Wildman–Crippen MR) is 118 cm³/mol. The molecule has 0 saturated carbocycles. The number of amides is 1. The molecule has 176 valence electrons. The molecule has 0 spiro atoms. The van der Waals surface area contributed by atoms with Crippen molar-refractivity contribution in [2.75, 3.05) is 45.9 Å². The highest BCUT2D eigenvalue weighted by atomic mass is 16.6. The van der Waals surface area contributed by atoms with Gasteiger partial charge < -0.3 is 30.0 Å². The summed E-state index contributed by atoms with van der Waals surface area (Å²) >= 11 is 0. The molecule has 1 amide bonds. The lowest BCUT2D eigenvalue weighted by Crippen LogP contribution is -2.67. The van der Waals surface area contributed by atoms with Gasteiger partial charge in [0.1, 0.15) is 24.1 Å². The van der Waals surface area contributed by atoms with Crippen molar-refractivity contribution in [2.45, 2.75) is 50.6 Å². The lowest BCUT2D eigenvalue weighted by Gasteiger charge is -2.50. The zero-order valence-corrected chi connectivity index (χ0v) is 19.1. The number of benzene rings is 1. The van der Waals surface area contributed by atoms with Gasteiger partial charge in [-0.05, 0) is 51.5 Å². The number of aliphatic hydroxyl groups is 1. The van der Waals surface area contributed by atoms with Crippen molar-refractivity contribution in [1.82, 2.24) is 15.5 Å². The molecule has 3 unspecified atom stereocenters. The Hall–Kier alpha value is -2.38. The number of aliphatic hydroxyl groups excluding tert-OH is 1. The standard InChI is InChI=1S/C23H34N4O5/c1-22(2,3)32-21(29)26-9-8-23-15-25-11-20(31-23)13-27(16-23)12-18(28)14-30-19-6-4-17(10-24)5-7-19/h4-7,18,20,25,28H,8-9,11-16H2,1-3H3,(H,26,29). The van der Waals surface area contributed by atoms with E-state index in [0.717, 1.165) is 13.1 Å². The number of rotatable bonds is 8. The highest BCUT2D eigenvalue weighted by Crippen LogP contribution is 2.27. The van der Waals surface area contributed by atoms with Crippen LogP contribution in [0.1, 0.15) is 32.8 Å². The number of β-amino-alcohol motifs (C(OH)–C–C–N with tert-alkyl or cyclic N) is 1. The van der Waals surface area contributed by atoms with E-state index in [1.54, 1.807) is 24.3 Å². The first-order chi connectivity index (χ1) is 15.2. The monoisotopic (exact) mass is 446 g/mol. The average Bonchev–Trinajstić information content (AvgIpc) is 2.71. The van der Waals surface area contributed by atoms with Gasteiger partial charge in [0.15, 0.2) is 0 Å². The summed E-state index contributed by atoms with van der Waals surface area (Å²) in [5, 5.41) is 25.6. The van der Waals surface area contributed by atoms with Gasteiger partial charge in [-0.15, -0.1) is 0 Å². The first-order valence-electron chi connectivity index (χ1n) is 11.1. The average molecular weight is 447 g/mol. The number of carbonyl (C=O) groups is 1. The van der Waals surface area contributed by atoms with E-state index in [1.165, 1.54) is 0 Å². The number of hydrogen-bond acceptors (Lipinski definition) is 8. The molecular weight excluding hydrogens is 412 g/mol. The molecule has 2 aliphatic heterocycles. The van der Waals surface area contributed by atoms with Crippen molar-refractivity contribution in [3.05, 3.63) is 29.8 Å². The summed E-state index contributed by atoms with van der Waals surface area (Å²) in [7, 11) is 0. The molecule has 3 atom stereocenters. The SMILES string of the molecule is CC(C)(C)OC(=O)NCCC12CNCC(CN(CC(O)COc3ccc(C#N)cc3)C1)O2. The fraction of sp³-hybridized carbons (Fsp3) is 0.652. The molecule has 9 heteroatoms. The van der Waals surface area contributed by atoms with Gasteiger partial charge in [-0.2, -0.15) is 5.26 Å². The van der Waals surface area contributed by atoms with Crippen molar-refractivity contribution < 1.29 is 24.1 Å². The molecular formula is C23H34N4O5. The summed E-state index contributed by atoms with van der Waals surface area (Å²) in [6.07, 6.45) is -0.415. The van der Waals surface area contributed by atoms with Crippen LogP contribution in [0.25, 0.3) is 0 Å². The molecule has 2 heterocycles. The third-order valence-corrected chi connectivity index (χ3v) is 5.35. The van der Waals surface area contributed by atoms with Crippen LogP contribution in [0.2, 0.25) is 0 Å². The van der Waals surface area contributed by atoms with E-state index >= 15 is 0 Å². The van der Waals surface area contributed by atoms with Gasteiger partial charge in [-0.1, -0.05) is 0 Å². The number of nitrogens with zero attached hydrogens (tertiary/aromatic N) is 2. The maximum Gasteiger partial charge on any atom is 0.407 e. The van der Waals surface area contributed by atoms with Crippen molar-refractivity contribution >= 4 is 6.09 Å². The number of nitriles is 1. The van der Waals surface area contributed by atoms with Crippen LogP contribution in [0.3, 0.4) is 0 Å². The molecule has 2 saturated heterocycles. The summed E-state index contributed by atoms with van der Waals surface area (Å²) < 4.78 is 17.3. The van der Waals surface area contributed by atoms with Crippen LogP contribution >= 0.6 is 0 Å². The molecule has 1 aromatic carbocycles. The van der Waals surface area contributed by atoms with Gasteiger partial charge in [-0.3, -0.25) is 4.90 Å². The lowest BCUT2D eigenvalue weighted by atomic mass is 9.93. The van der Waals surface area contributed by atoms with E-state index in [1.807, 2.05) is 20.8 Å². The van der Waals surface area contributed by atoms with E-state index in [0.29, 0.717) is 43.9 Å². The van der Waals surface area contributed by atoms with Gasteiger partial charge in [0.25, 0.3) is 0 Å². The van der Waals surface area contributed by atoms with E-state index in [4.69, 9.17) is 19.5 Å². The Labute approximate surface area is 189 Å². The number of nitrogens with one attached hydrogen (secondary N) is 2. The maximum atomic E-state index is 11.9. The second kappa shape index (κ2) is 10.5. The second-order valence-electron chi connectivity index (χ2n) is 9.53. The molecule has 9 nitrogen and oxygen atoms in total. The Morgan fingerprint density at radius 3 is 2.88 bits per heavy atom. The molecule has 0 aromatic heterocycles. The Kier molecular flexibility index (Phi) is 7.96. The normalized spacial score (nSPS) is 24.3. The molecule has 0 aliphatic carbocycles. The van der Waals surface area contributed by atoms with E-state index in [2.05, 4.69) is 21.6 Å². The van der Waals surface area contributed by atoms with E-state index in [-0.39, 0.29) is 12.7 Å². The van der Waals surface area contributed by atoms with Crippen LogP contribution in [-0.4, -0.2) is 85.4 Å². The zero-order chi connectivity index (χ0) is 23.2. The number of hydrogen-bond donors (Lipinski definition) is 3. The summed E-state index contributed by atoms with van der Waals surface area (Å²) in [5.74, 6) is 0.621. The van der Waals surface area contributed by atoms with Crippen LogP contribution in [0.5, 0.6) is 5.75 Å². The molecule has 3 rings (SSSR count). The summed E-state index contributed by atoms with van der Waals surface area (Å²) in [4.78, 5) is 14.1. The van der Waals surface area contributed by atoms with Gasteiger partial charge >= 0.3 is 6.09 Å². The van der Waals surface area contributed by atoms with Crippen LogP contribution in [-0.2, 0) is 9.47 Å². The summed E-state index contributed by atoms with van der Waals surface area (Å²) in [6.45, 7) is 9.41. The van der Waals surface area contributed by atoms with E-state index in [9.17, 15) is 9.90 Å². The fourth-order valence-electron chi connectivity index (χ4n) is 4.09. The second-order valence-corrected chi connectivity index (χ2v) is 9.53. The van der Waals surface area contributed by atoms with Crippen LogP contribution in [0.15, 0.2) is 24.3 Å². The number of carbonyl (C=O) groups excluding carboxylic acids is 1. The number of ether oxygens (including phenoxy) is 3. The minimum Gasteiger partial charge on any atom is -0.491 e. The smallest absolute Gasteiger partial charge is 0.407 e. The Morgan fingerprint density at radius 1 is 1.44 bits per heavy atom. The first kappa shape index (κ1) is 24.3. The minimum atomic E-state index is -0.658. The topological polar surface area (TPSA) is 116 Å². The number of fused-ring (bicyclic) bond motifs is 2. The van der Waals surface area contributed by atoms with Crippen LogP contribution in [0.4, 0.5) is 4.79 Å². The molecule has 2 bridgehead atoms. The fourth-order valence-corrected chi connectivity index (χ4v) is 4.09. The highest BCUT2D eigenvalue weighted by molar-refractivity contribution is 5.67. The third-order valence-electron chi connectivity index (χ3n) is 5.35. The Bertz CT molecular complexity index is 804. The molecule has 2 aliphatic rings. The Balaban J connectivity index is 1.47. The van der Waals surface area contributed by atoms with Crippen molar-refractivity contribution in [3.8, 4) is 11.8 Å². The lowest BCUT2D eigenvalue weighted by molar-refractivity contribution is -0.178. The quantitative estimate of drug-likeness (QED) is 0.547. The van der Waals surface area contributed by atoms with Gasteiger partial charge in [-0.25, -0.2) is 4.79 Å². The number of alkyl carbamates (subject to hydrolysis) is 1. The summed E-state index contributed by atoms with van der Waals surface area (Å²) in [5.41, 5.74) is -0.393. The molecule has 2 fully saturated rings. The summed E-state index contributed by atoms with van der Waals surface area (Å²) in [6, 6.07) is 8.89. The van der Waals surface area contributed by atoms with Gasteiger partial charge in [0.05, 0.1) is 23.3 Å². The largest absolute Gasteiger partial charge is 0.491 e. The molecule has 3 N–H and O–H groups in total. The van der Waals surface area contributed by atoms with Gasteiger partial charge in [0, 0.05) is 39.3 Å². The number of morpholine rings is 2. The van der Waals surface area contributed by atoms with E-state index < -0.39 is 23.4 Å². The predicted octanol–water partition coefficient (Wildman–Crippen LogP) is 1.26. The minimum absolute atomic E-state index is 0.0330. The molecule has 0 radical (unpaired) electrons. The zero-order valence-electron chi connectivity index (χ0n) is 19.1. The van der Waals surface area contributed by atoms with Crippen molar-refractivity contribution in [2.24, 2.45) is 0 Å². The maximum absolute atomic E-state index is 11.9. The Morgan fingerprint density at radius 2 is 2.19 bits per heavy atom. The third kappa shape index (κ3) is 7.35. The highest BCUT2D eigenvalue weighted by Gasteiger charge is 2.43.